The fraction of sp³-hybridized carbons (Fsp3) is 0.500. The second kappa shape index (κ2) is 9.46. The predicted octanol–water partition coefficient (Wildman–Crippen LogP) is 6.08. The first kappa shape index (κ1) is 20.2. The van der Waals surface area contributed by atoms with Gasteiger partial charge >= 0.3 is 5.97 Å². The topological polar surface area (TPSA) is 26.3 Å². The zero-order chi connectivity index (χ0) is 18.2. The summed E-state index contributed by atoms with van der Waals surface area (Å²) < 4.78 is 4.89. The van der Waals surface area contributed by atoms with Crippen LogP contribution in [0.25, 0.3) is 0 Å². The van der Waals surface area contributed by atoms with Crippen molar-refractivity contribution in [1.29, 1.82) is 0 Å². The van der Waals surface area contributed by atoms with E-state index in [4.69, 9.17) is 4.74 Å². The monoisotopic (exact) mass is 332 g/mol. The number of carbonyl (C=O) groups is 1. The zero-order valence-electron chi connectivity index (χ0n) is 16.1. The average molecular weight is 332 g/mol. The summed E-state index contributed by atoms with van der Waals surface area (Å²) >= 11 is 0. The quantitative estimate of drug-likeness (QED) is 0.335. The Balaban J connectivity index is 2.67. The minimum atomic E-state index is -0.251. The van der Waals surface area contributed by atoms with Gasteiger partial charge in [0.05, 0.1) is 0 Å². The van der Waals surface area contributed by atoms with Crippen LogP contribution in [0.3, 0.4) is 0 Å². The Bertz CT molecular complexity index is 595. The summed E-state index contributed by atoms with van der Waals surface area (Å²) in [5.74, 6) is -0.251. The highest BCUT2D eigenvalue weighted by Gasteiger charge is 2.26. The lowest BCUT2D eigenvalue weighted by Crippen LogP contribution is -2.19. The number of ether oxygens (including phenoxy) is 1. The smallest absolute Gasteiger partial charge is 0.302 e. The Morgan fingerprint density at radius 1 is 1.17 bits per heavy atom. The highest BCUT2D eigenvalue weighted by molar-refractivity contribution is 5.66. The summed E-state index contributed by atoms with van der Waals surface area (Å²) in [6.07, 6.45) is 16.3. The first-order valence-electron chi connectivity index (χ1n) is 8.76. The summed E-state index contributed by atoms with van der Waals surface area (Å²) in [4.78, 5) is 10.7. The molecule has 2 heteroatoms. The third kappa shape index (κ3) is 7.16. The summed E-state index contributed by atoms with van der Waals surface area (Å²) in [6.45, 7) is 12.8. The molecule has 24 heavy (non-hydrogen) atoms. The molecule has 0 heterocycles. The molecule has 0 N–H and O–H groups in total. The van der Waals surface area contributed by atoms with Gasteiger partial charge < -0.3 is 4.74 Å². The Morgan fingerprint density at radius 3 is 2.50 bits per heavy atom. The van der Waals surface area contributed by atoms with Crippen molar-refractivity contribution in [2.75, 3.05) is 6.61 Å². The van der Waals surface area contributed by atoms with Crippen molar-refractivity contribution in [3.05, 3.63) is 58.7 Å². The van der Waals surface area contributed by atoms with E-state index in [1.54, 1.807) is 0 Å². The number of hydrogen-bond donors (Lipinski definition) is 0. The maximum absolute atomic E-state index is 10.7. The first-order valence-corrected chi connectivity index (χ1v) is 8.76. The van der Waals surface area contributed by atoms with E-state index in [-0.39, 0.29) is 11.4 Å². The normalized spacial score (nSPS) is 19.4. The van der Waals surface area contributed by atoms with Crippen molar-refractivity contribution in [2.24, 2.45) is 5.41 Å². The van der Waals surface area contributed by atoms with Crippen molar-refractivity contribution in [3.8, 4) is 0 Å². The molecule has 1 rings (SSSR count). The lowest BCUT2D eigenvalue weighted by atomic mass is 9.72. The molecule has 0 atom stereocenters. The largest absolute Gasteiger partial charge is 0.462 e. The van der Waals surface area contributed by atoms with Crippen LogP contribution in [0.1, 0.15) is 60.8 Å². The average Bonchev–Trinajstić information content (AvgIpc) is 2.45. The molecule has 0 spiro atoms. The lowest BCUT2D eigenvalue weighted by molar-refractivity contribution is -0.139. The zero-order valence-corrected chi connectivity index (χ0v) is 16.1. The van der Waals surface area contributed by atoms with E-state index in [0.29, 0.717) is 6.61 Å². The third-order valence-corrected chi connectivity index (χ3v) is 4.47. The maximum Gasteiger partial charge on any atom is 0.302 e. The van der Waals surface area contributed by atoms with Crippen LogP contribution < -0.4 is 0 Å². The van der Waals surface area contributed by atoms with Gasteiger partial charge in [0.2, 0.25) is 0 Å². The Labute approximate surface area is 147 Å². The summed E-state index contributed by atoms with van der Waals surface area (Å²) in [5, 5.41) is 0. The number of carbonyl (C=O) groups excluding carboxylic acids is 1. The second-order valence-corrected chi connectivity index (χ2v) is 7.29. The minimum Gasteiger partial charge on any atom is -0.462 e. The molecule has 0 aromatic heterocycles. The molecular weight excluding hydrogens is 300 g/mol. The lowest BCUT2D eigenvalue weighted by Gasteiger charge is -2.32. The molecule has 0 aliphatic heterocycles. The Hall–Kier alpha value is -1.83. The van der Waals surface area contributed by atoms with Gasteiger partial charge in [0.15, 0.2) is 0 Å². The van der Waals surface area contributed by atoms with Gasteiger partial charge in [-0.1, -0.05) is 60.9 Å². The van der Waals surface area contributed by atoms with Crippen LogP contribution in [-0.4, -0.2) is 12.6 Å². The molecule has 0 amide bonds. The molecule has 0 radical (unpaired) electrons. The molecule has 132 valence electrons. The van der Waals surface area contributed by atoms with Gasteiger partial charge in [-0.2, -0.15) is 0 Å². The van der Waals surface area contributed by atoms with Crippen LogP contribution in [0.2, 0.25) is 0 Å². The summed E-state index contributed by atoms with van der Waals surface area (Å²) in [6, 6.07) is 0. The molecule has 1 aliphatic carbocycles. The molecule has 0 saturated carbocycles. The van der Waals surface area contributed by atoms with Crippen LogP contribution in [0.5, 0.6) is 0 Å². The molecular formula is C22H32O2. The van der Waals surface area contributed by atoms with E-state index < -0.39 is 0 Å². The SMILES string of the molecule is CC(=O)O[13CH2]\[13CH]=C(C)/C=[13CH]/[13CH]=C(C)/C=C/C1=C(C)CCCC1(C)C. The molecule has 1 aliphatic rings. The Morgan fingerprint density at radius 2 is 1.88 bits per heavy atom. The van der Waals surface area contributed by atoms with Gasteiger partial charge in [-0.25, -0.2) is 0 Å². The van der Waals surface area contributed by atoms with Crippen LogP contribution in [-0.2, 0) is 9.53 Å². The van der Waals surface area contributed by atoms with Crippen LogP contribution in [0, 0.1) is 5.41 Å². The molecule has 0 saturated heterocycles. The maximum atomic E-state index is 10.7. The summed E-state index contributed by atoms with van der Waals surface area (Å²) in [7, 11) is 0. The number of rotatable bonds is 6. The van der Waals surface area contributed by atoms with E-state index in [1.807, 2.05) is 25.2 Å². The molecule has 0 aromatic rings. The van der Waals surface area contributed by atoms with Gasteiger partial charge in [0.25, 0.3) is 0 Å². The van der Waals surface area contributed by atoms with Crippen molar-refractivity contribution < 1.29 is 9.53 Å². The minimum absolute atomic E-state index is 0.251. The van der Waals surface area contributed by atoms with Crippen molar-refractivity contribution in [1.82, 2.24) is 0 Å². The highest BCUT2D eigenvalue weighted by atomic mass is 16.6. The van der Waals surface area contributed by atoms with E-state index >= 15 is 0 Å². The second-order valence-electron chi connectivity index (χ2n) is 7.29. The molecule has 2 nitrogen and oxygen atoms in total. The number of esters is 1. The van der Waals surface area contributed by atoms with Gasteiger partial charge in [-0.3, -0.25) is 4.79 Å². The number of allylic oxidation sites excluding steroid dienone is 9. The van der Waals surface area contributed by atoms with E-state index in [9.17, 15) is 4.79 Å². The van der Waals surface area contributed by atoms with E-state index in [2.05, 4.69) is 45.9 Å². The fourth-order valence-corrected chi connectivity index (χ4v) is 2.99. The Kier molecular flexibility index (Phi) is 7.97. The first-order chi connectivity index (χ1) is 11.2. The third-order valence-electron chi connectivity index (χ3n) is 4.47. The van der Waals surface area contributed by atoms with E-state index in [0.717, 1.165) is 5.57 Å². The van der Waals surface area contributed by atoms with Crippen molar-refractivity contribution in [3.63, 3.8) is 0 Å². The van der Waals surface area contributed by atoms with Gasteiger partial charge in [-0.15, -0.1) is 0 Å². The van der Waals surface area contributed by atoms with E-state index in [1.165, 1.54) is 42.9 Å². The molecule has 0 bridgehead atoms. The molecule has 0 fully saturated rings. The van der Waals surface area contributed by atoms with Gasteiger partial charge in [-0.05, 0) is 57.1 Å². The molecule has 0 aromatic carbocycles. The van der Waals surface area contributed by atoms with Crippen LogP contribution in [0.15, 0.2) is 58.7 Å². The molecule has 0 unspecified atom stereocenters. The number of hydrogen-bond acceptors (Lipinski definition) is 2. The predicted molar refractivity (Wildman–Crippen MR) is 103 cm³/mol. The van der Waals surface area contributed by atoms with Gasteiger partial charge in [0.1, 0.15) is 6.61 Å². The van der Waals surface area contributed by atoms with Gasteiger partial charge in [0, 0.05) is 6.92 Å². The van der Waals surface area contributed by atoms with Crippen LogP contribution in [0.4, 0.5) is 0 Å². The van der Waals surface area contributed by atoms with Crippen molar-refractivity contribution in [2.45, 2.75) is 60.8 Å². The summed E-state index contributed by atoms with van der Waals surface area (Å²) in [5.41, 5.74) is 5.60. The standard InChI is InChI=1S/C22H32O2/c1-17(9-7-10-18(2)14-16-24-20(4)23)12-13-21-19(3)11-8-15-22(21,5)6/h7,9-10,12-14H,8,11,15-16H2,1-6H3/b10-7+,13-12+,17-9+,18-14-/i7+1,9+1,14+1,16+1. The van der Waals surface area contributed by atoms with Crippen molar-refractivity contribution >= 4 is 5.97 Å². The fourth-order valence-electron chi connectivity index (χ4n) is 2.99. The van der Waals surface area contributed by atoms with Crippen LogP contribution >= 0.6 is 0 Å². The highest BCUT2D eigenvalue weighted by Crippen LogP contribution is 2.40.